The first-order valence-corrected chi connectivity index (χ1v) is 10.6. The standard InChI is InChI=1S/C24H27N3O4/c1-18(31-23(28)11-13-27-12-10-19-4-2-3-5-22(19)27)24(29)25-20-6-8-21(9-7-20)26-14-16-30-17-15-26/h2-10,12,18H,11,13-17H2,1H3,(H,25,29). The Kier molecular flexibility index (Phi) is 6.52. The van der Waals surface area contributed by atoms with E-state index in [1.807, 2.05) is 65.4 Å². The molecule has 1 aromatic heterocycles. The van der Waals surface area contributed by atoms with E-state index in [-0.39, 0.29) is 12.3 Å². The van der Waals surface area contributed by atoms with Crippen molar-refractivity contribution in [3.05, 3.63) is 60.8 Å². The van der Waals surface area contributed by atoms with Crippen LogP contribution >= 0.6 is 0 Å². The lowest BCUT2D eigenvalue weighted by atomic mass is 10.2. The smallest absolute Gasteiger partial charge is 0.308 e. The lowest BCUT2D eigenvalue weighted by Gasteiger charge is -2.28. The van der Waals surface area contributed by atoms with Crippen LogP contribution in [0.25, 0.3) is 10.9 Å². The highest BCUT2D eigenvalue weighted by Crippen LogP contribution is 2.19. The van der Waals surface area contributed by atoms with Crippen molar-refractivity contribution in [1.82, 2.24) is 4.57 Å². The molecule has 0 saturated carbocycles. The van der Waals surface area contributed by atoms with Crippen LogP contribution in [-0.4, -0.2) is 48.9 Å². The van der Waals surface area contributed by atoms with E-state index in [4.69, 9.17) is 9.47 Å². The molecule has 0 aliphatic carbocycles. The molecule has 7 heteroatoms. The van der Waals surface area contributed by atoms with Crippen LogP contribution in [0.15, 0.2) is 60.8 Å². The molecule has 1 unspecified atom stereocenters. The fraction of sp³-hybridized carbons (Fsp3) is 0.333. The number of aryl methyl sites for hydroxylation is 1. The van der Waals surface area contributed by atoms with E-state index in [0.29, 0.717) is 12.2 Å². The number of rotatable bonds is 7. The average Bonchev–Trinajstić information content (AvgIpc) is 3.22. The number of esters is 1. The first-order valence-electron chi connectivity index (χ1n) is 10.6. The lowest BCUT2D eigenvalue weighted by Crippen LogP contribution is -2.36. The highest BCUT2D eigenvalue weighted by molar-refractivity contribution is 5.95. The van der Waals surface area contributed by atoms with E-state index < -0.39 is 12.1 Å². The van der Waals surface area contributed by atoms with Crippen LogP contribution in [-0.2, 0) is 25.6 Å². The van der Waals surface area contributed by atoms with Crippen LogP contribution < -0.4 is 10.2 Å². The molecule has 0 radical (unpaired) electrons. The van der Waals surface area contributed by atoms with Crippen molar-refractivity contribution in [3.63, 3.8) is 0 Å². The van der Waals surface area contributed by atoms with Crippen LogP contribution in [0.2, 0.25) is 0 Å². The summed E-state index contributed by atoms with van der Waals surface area (Å²) in [6.07, 6.45) is 1.28. The molecule has 7 nitrogen and oxygen atoms in total. The molecule has 1 amide bonds. The van der Waals surface area contributed by atoms with Gasteiger partial charge in [-0.05, 0) is 48.7 Å². The van der Waals surface area contributed by atoms with Crippen molar-refractivity contribution in [2.45, 2.75) is 26.0 Å². The maximum Gasteiger partial charge on any atom is 0.308 e. The van der Waals surface area contributed by atoms with Gasteiger partial charge in [-0.2, -0.15) is 0 Å². The number of nitrogens with zero attached hydrogens (tertiary/aromatic N) is 2. The summed E-state index contributed by atoms with van der Waals surface area (Å²) in [5.41, 5.74) is 2.84. The molecular formula is C24H27N3O4. The van der Waals surface area contributed by atoms with Crippen LogP contribution in [0.4, 0.5) is 11.4 Å². The van der Waals surface area contributed by atoms with Crippen LogP contribution in [0.1, 0.15) is 13.3 Å². The predicted molar refractivity (Wildman–Crippen MR) is 120 cm³/mol. The SMILES string of the molecule is CC(OC(=O)CCn1ccc2ccccc21)C(=O)Nc1ccc(N2CCOCC2)cc1. The number of nitrogens with one attached hydrogen (secondary N) is 1. The molecular weight excluding hydrogens is 394 g/mol. The predicted octanol–water partition coefficient (Wildman–Crippen LogP) is 3.44. The Hall–Kier alpha value is -3.32. The molecule has 3 aromatic rings. The fourth-order valence-electron chi connectivity index (χ4n) is 3.68. The maximum atomic E-state index is 12.4. The minimum atomic E-state index is -0.868. The molecule has 2 aromatic carbocycles. The van der Waals surface area contributed by atoms with Crippen LogP contribution in [0.3, 0.4) is 0 Å². The molecule has 0 bridgehead atoms. The molecule has 162 valence electrons. The van der Waals surface area contributed by atoms with Gasteiger partial charge in [-0.15, -0.1) is 0 Å². The number of amides is 1. The highest BCUT2D eigenvalue weighted by atomic mass is 16.5. The lowest BCUT2D eigenvalue weighted by molar-refractivity contribution is -0.153. The van der Waals surface area contributed by atoms with Crippen LogP contribution in [0, 0.1) is 0 Å². The highest BCUT2D eigenvalue weighted by Gasteiger charge is 2.18. The molecule has 4 rings (SSSR count). The molecule has 2 heterocycles. The minimum Gasteiger partial charge on any atom is -0.452 e. The van der Waals surface area contributed by atoms with Crippen molar-refractivity contribution in [2.75, 3.05) is 36.5 Å². The number of carbonyl (C=O) groups is 2. The Morgan fingerprint density at radius 1 is 1.06 bits per heavy atom. The van der Waals surface area contributed by atoms with Crippen molar-refractivity contribution in [3.8, 4) is 0 Å². The third-order valence-electron chi connectivity index (χ3n) is 5.43. The molecule has 1 aliphatic rings. The van der Waals surface area contributed by atoms with Crippen molar-refractivity contribution < 1.29 is 19.1 Å². The van der Waals surface area contributed by atoms with Crippen molar-refractivity contribution in [2.24, 2.45) is 0 Å². The number of carbonyl (C=O) groups excluding carboxylic acids is 2. The zero-order valence-electron chi connectivity index (χ0n) is 17.6. The molecule has 1 N–H and O–H groups in total. The second-order valence-electron chi connectivity index (χ2n) is 7.59. The van der Waals surface area contributed by atoms with E-state index in [2.05, 4.69) is 10.2 Å². The summed E-state index contributed by atoms with van der Waals surface area (Å²) >= 11 is 0. The summed E-state index contributed by atoms with van der Waals surface area (Å²) < 4.78 is 12.7. The molecule has 1 atom stereocenters. The Labute approximate surface area is 181 Å². The zero-order valence-corrected chi connectivity index (χ0v) is 17.6. The second kappa shape index (κ2) is 9.66. The summed E-state index contributed by atoms with van der Waals surface area (Å²) in [6.45, 7) is 5.25. The largest absolute Gasteiger partial charge is 0.452 e. The van der Waals surface area contributed by atoms with E-state index in [0.717, 1.165) is 42.9 Å². The quantitative estimate of drug-likeness (QED) is 0.592. The van der Waals surface area contributed by atoms with Gasteiger partial charge in [0.25, 0.3) is 5.91 Å². The summed E-state index contributed by atoms with van der Waals surface area (Å²) in [7, 11) is 0. The van der Waals surface area contributed by atoms with Crippen molar-refractivity contribution >= 4 is 34.2 Å². The van der Waals surface area contributed by atoms with Crippen LogP contribution in [0.5, 0.6) is 0 Å². The number of para-hydroxylation sites is 1. The number of anilines is 2. The average molecular weight is 421 g/mol. The van der Waals surface area contributed by atoms with Gasteiger partial charge in [0.2, 0.25) is 0 Å². The molecule has 1 aliphatic heterocycles. The van der Waals surface area contributed by atoms with Gasteiger partial charge in [0.05, 0.1) is 19.6 Å². The third kappa shape index (κ3) is 5.24. The van der Waals surface area contributed by atoms with E-state index in [1.54, 1.807) is 6.92 Å². The monoisotopic (exact) mass is 421 g/mol. The van der Waals surface area contributed by atoms with E-state index >= 15 is 0 Å². The number of hydrogen-bond acceptors (Lipinski definition) is 5. The Bertz CT molecular complexity index is 1040. The topological polar surface area (TPSA) is 72.8 Å². The van der Waals surface area contributed by atoms with E-state index in [9.17, 15) is 9.59 Å². The third-order valence-corrected chi connectivity index (χ3v) is 5.43. The van der Waals surface area contributed by atoms with Gasteiger partial charge in [0, 0.05) is 42.7 Å². The Balaban J connectivity index is 1.25. The summed E-state index contributed by atoms with van der Waals surface area (Å²) in [6, 6.07) is 17.7. The number of aromatic nitrogens is 1. The Morgan fingerprint density at radius 3 is 2.58 bits per heavy atom. The normalized spacial score (nSPS) is 14.9. The first kappa shape index (κ1) is 20.9. The number of benzene rings is 2. The summed E-state index contributed by atoms with van der Waals surface area (Å²) in [5, 5.41) is 3.93. The summed E-state index contributed by atoms with van der Waals surface area (Å²) in [5.74, 6) is -0.748. The molecule has 31 heavy (non-hydrogen) atoms. The molecule has 1 fully saturated rings. The van der Waals surface area contributed by atoms with Gasteiger partial charge in [-0.25, -0.2) is 0 Å². The molecule has 0 spiro atoms. The number of ether oxygens (including phenoxy) is 2. The molecule has 1 saturated heterocycles. The summed E-state index contributed by atoms with van der Waals surface area (Å²) in [4.78, 5) is 26.9. The van der Waals surface area contributed by atoms with Gasteiger partial charge in [-0.3, -0.25) is 9.59 Å². The number of morpholine rings is 1. The fourth-order valence-corrected chi connectivity index (χ4v) is 3.68. The first-order chi connectivity index (χ1) is 15.1. The van der Waals surface area contributed by atoms with E-state index in [1.165, 1.54) is 0 Å². The number of fused-ring (bicyclic) bond motifs is 1. The van der Waals surface area contributed by atoms with Gasteiger partial charge in [-0.1, -0.05) is 18.2 Å². The van der Waals surface area contributed by atoms with Gasteiger partial charge in [0.1, 0.15) is 0 Å². The second-order valence-corrected chi connectivity index (χ2v) is 7.59. The van der Waals surface area contributed by atoms with Gasteiger partial charge in [0.15, 0.2) is 6.10 Å². The zero-order chi connectivity index (χ0) is 21.6. The Morgan fingerprint density at radius 2 is 1.81 bits per heavy atom. The van der Waals surface area contributed by atoms with Gasteiger partial charge < -0.3 is 24.3 Å². The minimum absolute atomic E-state index is 0.199. The van der Waals surface area contributed by atoms with Crippen molar-refractivity contribution in [1.29, 1.82) is 0 Å². The maximum absolute atomic E-state index is 12.4. The van der Waals surface area contributed by atoms with Gasteiger partial charge >= 0.3 is 5.97 Å². The number of hydrogen-bond donors (Lipinski definition) is 1.